The van der Waals surface area contributed by atoms with E-state index in [9.17, 15) is 18.4 Å². The van der Waals surface area contributed by atoms with Crippen molar-refractivity contribution in [1.29, 1.82) is 5.26 Å². The minimum absolute atomic E-state index is 0.0976. The zero-order valence-electron chi connectivity index (χ0n) is 15.3. The van der Waals surface area contributed by atoms with E-state index in [0.717, 1.165) is 12.1 Å². The highest BCUT2D eigenvalue weighted by atomic mass is 19.4. The number of furan rings is 1. The molecule has 0 saturated carbocycles. The second-order valence-electron chi connectivity index (χ2n) is 6.16. The summed E-state index contributed by atoms with van der Waals surface area (Å²) in [5.41, 5.74) is -0.191. The van der Waals surface area contributed by atoms with Gasteiger partial charge >= 0.3 is 6.18 Å². The van der Waals surface area contributed by atoms with Crippen LogP contribution in [0.15, 0.2) is 47.1 Å². The van der Waals surface area contributed by atoms with Crippen LogP contribution in [-0.4, -0.2) is 31.1 Å². The topological polar surface area (TPSA) is 69.2 Å². The molecule has 0 unspecified atom stereocenters. The standard InChI is InChI=1S/C19H16F3N5O/c1-26(2)18-24-16(15-8-5-9-28-15)14(11-23)17(25-18)27(3)13-7-4-6-12(10-13)19(20,21)22/h4-10H,1-3H3. The number of alkyl halides is 3. The molecule has 0 aliphatic heterocycles. The van der Waals surface area contributed by atoms with Crippen LogP contribution < -0.4 is 9.80 Å². The van der Waals surface area contributed by atoms with Gasteiger partial charge in [0.2, 0.25) is 5.95 Å². The van der Waals surface area contributed by atoms with Crippen molar-refractivity contribution < 1.29 is 17.6 Å². The highest BCUT2D eigenvalue weighted by Crippen LogP contribution is 2.36. The lowest BCUT2D eigenvalue weighted by Crippen LogP contribution is -2.19. The summed E-state index contributed by atoms with van der Waals surface area (Å²) in [6.07, 6.45) is -3.03. The van der Waals surface area contributed by atoms with E-state index in [1.165, 1.54) is 23.3 Å². The first-order chi connectivity index (χ1) is 13.2. The van der Waals surface area contributed by atoms with Gasteiger partial charge in [-0.1, -0.05) is 6.07 Å². The van der Waals surface area contributed by atoms with Crippen LogP contribution in [0, 0.1) is 11.3 Å². The van der Waals surface area contributed by atoms with Gasteiger partial charge in [0.1, 0.15) is 17.3 Å². The predicted molar refractivity (Wildman–Crippen MR) is 98.3 cm³/mol. The van der Waals surface area contributed by atoms with Gasteiger partial charge in [-0.3, -0.25) is 0 Å². The van der Waals surface area contributed by atoms with Crippen molar-refractivity contribution in [2.75, 3.05) is 30.9 Å². The molecule has 9 heteroatoms. The molecule has 0 N–H and O–H groups in total. The van der Waals surface area contributed by atoms with E-state index >= 15 is 0 Å². The van der Waals surface area contributed by atoms with Crippen LogP contribution in [0.5, 0.6) is 0 Å². The Morgan fingerprint density at radius 3 is 2.39 bits per heavy atom. The molecule has 0 aliphatic carbocycles. The summed E-state index contributed by atoms with van der Waals surface area (Å²) in [5.74, 6) is 0.826. The number of anilines is 3. The van der Waals surface area contributed by atoms with Crippen LogP contribution in [0.2, 0.25) is 0 Å². The van der Waals surface area contributed by atoms with Crippen molar-refractivity contribution in [3.63, 3.8) is 0 Å². The van der Waals surface area contributed by atoms with E-state index < -0.39 is 11.7 Å². The van der Waals surface area contributed by atoms with Crippen molar-refractivity contribution in [2.24, 2.45) is 0 Å². The van der Waals surface area contributed by atoms with Crippen molar-refractivity contribution in [2.45, 2.75) is 6.18 Å². The van der Waals surface area contributed by atoms with Crippen LogP contribution in [0.1, 0.15) is 11.1 Å². The summed E-state index contributed by atoms with van der Waals surface area (Å²) < 4.78 is 44.6. The van der Waals surface area contributed by atoms with Crippen LogP contribution in [0.4, 0.5) is 30.6 Å². The lowest BCUT2D eigenvalue weighted by Gasteiger charge is -2.23. The third kappa shape index (κ3) is 3.62. The molecular formula is C19H16F3N5O. The Morgan fingerprint density at radius 1 is 1.07 bits per heavy atom. The van der Waals surface area contributed by atoms with Crippen molar-refractivity contribution >= 4 is 17.5 Å². The second kappa shape index (κ2) is 7.23. The Kier molecular flexibility index (Phi) is 4.96. The van der Waals surface area contributed by atoms with E-state index in [4.69, 9.17) is 4.42 Å². The highest BCUT2D eigenvalue weighted by molar-refractivity contribution is 5.75. The van der Waals surface area contributed by atoms with E-state index in [-0.39, 0.29) is 22.8 Å². The largest absolute Gasteiger partial charge is 0.463 e. The molecule has 3 rings (SSSR count). The maximum atomic E-state index is 13.1. The smallest absolute Gasteiger partial charge is 0.416 e. The summed E-state index contributed by atoms with van der Waals surface area (Å²) in [6.45, 7) is 0. The van der Waals surface area contributed by atoms with E-state index in [1.807, 2.05) is 6.07 Å². The second-order valence-corrected chi connectivity index (χ2v) is 6.16. The fourth-order valence-corrected chi connectivity index (χ4v) is 2.59. The molecule has 0 radical (unpaired) electrons. The maximum Gasteiger partial charge on any atom is 0.416 e. The van der Waals surface area contributed by atoms with Crippen LogP contribution in [0.25, 0.3) is 11.5 Å². The molecule has 3 aromatic rings. The van der Waals surface area contributed by atoms with Crippen molar-refractivity contribution in [3.8, 4) is 17.5 Å². The van der Waals surface area contributed by atoms with Gasteiger partial charge in [-0.2, -0.15) is 23.4 Å². The minimum atomic E-state index is -4.48. The molecule has 0 saturated heterocycles. The first-order valence-corrected chi connectivity index (χ1v) is 8.16. The number of aromatic nitrogens is 2. The summed E-state index contributed by atoms with van der Waals surface area (Å²) in [6, 6.07) is 10.2. The Morgan fingerprint density at radius 2 is 1.82 bits per heavy atom. The van der Waals surface area contributed by atoms with Crippen molar-refractivity contribution in [3.05, 3.63) is 53.8 Å². The molecule has 6 nitrogen and oxygen atoms in total. The van der Waals surface area contributed by atoms with Crippen molar-refractivity contribution in [1.82, 2.24) is 9.97 Å². The number of hydrogen-bond donors (Lipinski definition) is 0. The third-order valence-corrected chi connectivity index (χ3v) is 4.02. The van der Waals surface area contributed by atoms with Crippen LogP contribution in [0.3, 0.4) is 0 Å². The number of nitriles is 1. The maximum absolute atomic E-state index is 13.1. The minimum Gasteiger partial charge on any atom is -0.463 e. The third-order valence-electron chi connectivity index (χ3n) is 4.02. The normalized spacial score (nSPS) is 11.2. The number of benzene rings is 1. The summed E-state index contributed by atoms with van der Waals surface area (Å²) in [4.78, 5) is 11.8. The van der Waals surface area contributed by atoms with Gasteiger partial charge in [0, 0.05) is 26.8 Å². The Bertz CT molecular complexity index is 1020. The fraction of sp³-hybridized carbons (Fsp3) is 0.211. The molecule has 0 aliphatic rings. The summed E-state index contributed by atoms with van der Waals surface area (Å²) in [7, 11) is 4.99. The average Bonchev–Trinajstić information content (AvgIpc) is 3.20. The van der Waals surface area contributed by atoms with Gasteiger partial charge in [0.25, 0.3) is 0 Å². The lowest BCUT2D eigenvalue weighted by molar-refractivity contribution is -0.137. The molecule has 0 bridgehead atoms. The monoisotopic (exact) mass is 387 g/mol. The Labute approximate surface area is 159 Å². The molecule has 0 amide bonds. The Balaban J connectivity index is 2.19. The summed E-state index contributed by atoms with van der Waals surface area (Å²) in [5, 5.41) is 9.72. The zero-order valence-corrected chi connectivity index (χ0v) is 15.3. The van der Waals surface area contributed by atoms with Crippen LogP contribution >= 0.6 is 0 Å². The molecule has 0 spiro atoms. The summed E-state index contributed by atoms with van der Waals surface area (Å²) >= 11 is 0. The number of nitrogens with zero attached hydrogens (tertiary/aromatic N) is 5. The molecule has 2 heterocycles. The van der Waals surface area contributed by atoms with E-state index in [0.29, 0.717) is 11.7 Å². The predicted octanol–water partition coefficient (Wildman–Crippen LogP) is 4.46. The molecule has 1 aromatic carbocycles. The molecule has 2 aromatic heterocycles. The SMILES string of the molecule is CN(C)c1nc(-c2ccco2)c(C#N)c(N(C)c2cccc(C(F)(F)F)c2)n1. The van der Waals surface area contributed by atoms with E-state index in [2.05, 4.69) is 9.97 Å². The Hall–Kier alpha value is -3.54. The first-order valence-electron chi connectivity index (χ1n) is 8.16. The molecule has 0 fully saturated rings. The average molecular weight is 387 g/mol. The first kappa shape index (κ1) is 19.2. The highest BCUT2D eigenvalue weighted by Gasteiger charge is 2.31. The molecular weight excluding hydrogens is 371 g/mol. The van der Waals surface area contributed by atoms with Gasteiger partial charge in [0.05, 0.1) is 11.8 Å². The lowest BCUT2D eigenvalue weighted by atomic mass is 10.1. The van der Waals surface area contributed by atoms with Gasteiger partial charge in [-0.05, 0) is 30.3 Å². The van der Waals surface area contributed by atoms with Gasteiger partial charge in [0.15, 0.2) is 11.6 Å². The van der Waals surface area contributed by atoms with Gasteiger partial charge < -0.3 is 14.2 Å². The fourth-order valence-electron chi connectivity index (χ4n) is 2.59. The molecule has 144 valence electrons. The number of halogens is 3. The zero-order chi connectivity index (χ0) is 20.5. The quantitative estimate of drug-likeness (QED) is 0.658. The van der Waals surface area contributed by atoms with Crippen LogP contribution in [-0.2, 0) is 6.18 Å². The molecule has 0 atom stereocenters. The van der Waals surface area contributed by atoms with Gasteiger partial charge in [-0.25, -0.2) is 4.98 Å². The number of hydrogen-bond acceptors (Lipinski definition) is 6. The number of rotatable bonds is 4. The van der Waals surface area contributed by atoms with E-state index in [1.54, 1.807) is 38.2 Å². The van der Waals surface area contributed by atoms with Gasteiger partial charge in [-0.15, -0.1) is 0 Å². The molecule has 28 heavy (non-hydrogen) atoms.